The first kappa shape index (κ1) is 44.5. The van der Waals surface area contributed by atoms with E-state index in [1.54, 1.807) is 49.7 Å². The molecule has 53 heavy (non-hydrogen) atoms. The van der Waals surface area contributed by atoms with Gasteiger partial charge in [0.05, 0.1) is 23.5 Å². The van der Waals surface area contributed by atoms with E-state index in [1.165, 1.54) is 23.0 Å². The number of benzene rings is 3. The number of anilines is 2. The summed E-state index contributed by atoms with van der Waals surface area (Å²) in [4.78, 5) is 32.7. The summed E-state index contributed by atoms with van der Waals surface area (Å²) in [6, 6.07) is 20.3. The lowest BCUT2D eigenvalue weighted by atomic mass is 10.0. The van der Waals surface area contributed by atoms with Crippen LogP contribution in [-0.2, 0) is 15.9 Å². The van der Waals surface area contributed by atoms with Gasteiger partial charge in [-0.3, -0.25) is 9.59 Å². The number of aromatic hydroxyl groups is 1. The predicted molar refractivity (Wildman–Crippen MR) is 220 cm³/mol. The van der Waals surface area contributed by atoms with Gasteiger partial charge in [0.25, 0.3) is 5.91 Å². The molecule has 0 spiro atoms. The van der Waals surface area contributed by atoms with Crippen molar-refractivity contribution in [3.8, 4) is 11.5 Å². The highest BCUT2D eigenvalue weighted by Gasteiger charge is 2.21. The average Bonchev–Trinajstić information content (AvgIpc) is 3.75. The number of amides is 1. The van der Waals surface area contributed by atoms with Gasteiger partial charge in [0.1, 0.15) is 22.9 Å². The summed E-state index contributed by atoms with van der Waals surface area (Å²) in [5.41, 5.74) is 3.86. The van der Waals surface area contributed by atoms with Crippen molar-refractivity contribution in [1.29, 1.82) is 0 Å². The van der Waals surface area contributed by atoms with Gasteiger partial charge in [0.2, 0.25) is 0 Å². The van der Waals surface area contributed by atoms with Gasteiger partial charge in [0.15, 0.2) is 6.29 Å². The van der Waals surface area contributed by atoms with Gasteiger partial charge < -0.3 is 34.5 Å². The molecule has 0 saturated carbocycles. The molecule has 0 bridgehead atoms. The van der Waals surface area contributed by atoms with E-state index in [9.17, 15) is 14.7 Å². The van der Waals surface area contributed by atoms with E-state index < -0.39 is 0 Å². The van der Waals surface area contributed by atoms with E-state index in [1.807, 2.05) is 72.7 Å². The van der Waals surface area contributed by atoms with Gasteiger partial charge in [-0.1, -0.05) is 38.1 Å². The fourth-order valence-electron chi connectivity index (χ4n) is 5.51. The molecule has 6 rings (SSSR count). The van der Waals surface area contributed by atoms with Crippen LogP contribution in [-0.4, -0.2) is 79.3 Å². The van der Waals surface area contributed by atoms with Crippen LogP contribution in [0.1, 0.15) is 81.3 Å². The van der Waals surface area contributed by atoms with Crippen molar-refractivity contribution >= 4 is 57.0 Å². The zero-order valence-corrected chi connectivity index (χ0v) is 33.6. The molecular formula is C42H57ClN4O6. The van der Waals surface area contributed by atoms with Gasteiger partial charge in [-0.15, -0.1) is 11.6 Å². The summed E-state index contributed by atoms with van der Waals surface area (Å²) in [5, 5.41) is 15.6. The quantitative estimate of drug-likeness (QED) is 0.0953. The summed E-state index contributed by atoms with van der Waals surface area (Å²) in [7, 11) is 3.73. The van der Waals surface area contributed by atoms with Gasteiger partial charge in [-0.25, -0.2) is 4.98 Å². The number of alkyl halides is 1. The minimum Gasteiger partial charge on any atom is -0.507 e. The van der Waals surface area contributed by atoms with E-state index in [-0.39, 0.29) is 11.5 Å². The van der Waals surface area contributed by atoms with Crippen LogP contribution in [0.5, 0.6) is 11.5 Å². The maximum absolute atomic E-state index is 12.5. The molecule has 0 unspecified atom stereocenters. The molecular weight excluding hydrogens is 692 g/mol. The summed E-state index contributed by atoms with van der Waals surface area (Å²) < 4.78 is 16.1. The number of likely N-dealkylation sites (N-methyl/N-ethyl adjacent to an activating group) is 1. The summed E-state index contributed by atoms with van der Waals surface area (Å²) in [5.74, 6) is 1.21. The Balaban J connectivity index is 0.000000323. The Hall–Kier alpha value is -4.64. The number of phenolic OH excluding ortho intramolecular Hbond substituents is 1. The van der Waals surface area contributed by atoms with Crippen LogP contribution in [0.2, 0.25) is 0 Å². The third kappa shape index (κ3) is 13.4. The molecule has 0 aliphatic carbocycles. The Labute approximate surface area is 319 Å². The molecule has 0 radical (unpaired) electrons. The van der Waals surface area contributed by atoms with Crippen molar-refractivity contribution in [2.24, 2.45) is 0 Å². The standard InChI is InChI=1S/C21H23N3O4.C13H13NO.C5H12O.C2H6.CH3Cl/c1-21(2,8-9-27-3)28-17-6-4-14(5-7-17)20(26)24-19-11-15-10-16(13-25)23-18(15)12-22-19;1-14-7-6-10-9-4-2-3-5-11(9)13(15)8-12(10)14;1-4-6-5(2)3;2*1-2/h4-7,10-13,23H,8-9H2,1-3H3,(H,22,24,26);2-5,8,15H,6-7H2,1H3;5H,4H2,1-3H3;1-2H3;1H3. The Bertz CT molecular complexity index is 1860. The zero-order chi connectivity index (χ0) is 39.6. The van der Waals surface area contributed by atoms with Gasteiger partial charge in [0, 0.05) is 74.8 Å². The van der Waals surface area contributed by atoms with Crippen molar-refractivity contribution in [1.82, 2.24) is 9.97 Å². The Morgan fingerprint density at radius 2 is 1.74 bits per heavy atom. The fourth-order valence-corrected chi connectivity index (χ4v) is 5.51. The number of carbonyl (C=O) groups excluding carboxylic acids is 2. The molecule has 0 fully saturated rings. The van der Waals surface area contributed by atoms with Crippen LogP contribution in [0, 0.1) is 0 Å². The fraction of sp³-hybridized carbons (Fsp3) is 0.405. The summed E-state index contributed by atoms with van der Waals surface area (Å²) in [6.45, 7) is 16.5. The van der Waals surface area contributed by atoms with Gasteiger partial charge in [-0.05, 0) is 88.4 Å². The second-order valence-corrected chi connectivity index (χ2v) is 12.7. The smallest absolute Gasteiger partial charge is 0.256 e. The SMILES string of the molecule is CC.CCOC(C)C.CCl.CN1CCc2c1cc(O)c1ccccc21.COCCC(C)(C)Oc1ccc(C(=O)Nc2cc3cc(C=O)[nH]c3cn2)cc1. The Morgan fingerprint density at radius 1 is 1.08 bits per heavy atom. The summed E-state index contributed by atoms with van der Waals surface area (Å²) >= 11 is 4.64. The molecule has 10 nitrogen and oxygen atoms in total. The van der Waals surface area contributed by atoms with Crippen LogP contribution in [0.4, 0.5) is 11.5 Å². The minimum atomic E-state index is -0.365. The van der Waals surface area contributed by atoms with Crippen LogP contribution in [0.25, 0.3) is 21.7 Å². The highest BCUT2D eigenvalue weighted by Crippen LogP contribution is 2.38. The molecule has 5 aromatic rings. The van der Waals surface area contributed by atoms with Crippen molar-refractivity contribution in [2.75, 3.05) is 50.5 Å². The first-order chi connectivity index (χ1) is 25.4. The number of fused-ring (bicyclic) bond motifs is 4. The first-order valence-electron chi connectivity index (χ1n) is 17.9. The lowest BCUT2D eigenvalue weighted by Crippen LogP contribution is -2.29. The van der Waals surface area contributed by atoms with Gasteiger partial charge >= 0.3 is 0 Å². The number of hydrogen-bond donors (Lipinski definition) is 3. The minimum absolute atomic E-state index is 0.275. The van der Waals surface area contributed by atoms with Crippen molar-refractivity contribution < 1.29 is 28.9 Å². The number of aromatic amines is 1. The predicted octanol–water partition coefficient (Wildman–Crippen LogP) is 9.67. The molecule has 1 amide bonds. The highest BCUT2D eigenvalue weighted by atomic mass is 35.5. The second kappa shape index (κ2) is 22.4. The maximum atomic E-state index is 12.5. The van der Waals surface area contributed by atoms with Crippen molar-refractivity contribution in [3.63, 3.8) is 0 Å². The molecule has 288 valence electrons. The van der Waals surface area contributed by atoms with Crippen LogP contribution >= 0.6 is 11.6 Å². The number of methoxy groups -OCH3 is 1. The monoisotopic (exact) mass is 748 g/mol. The molecule has 2 aromatic heterocycles. The number of aldehydes is 1. The Morgan fingerprint density at radius 3 is 2.32 bits per heavy atom. The van der Waals surface area contributed by atoms with Crippen LogP contribution in [0.3, 0.4) is 0 Å². The second-order valence-electron chi connectivity index (χ2n) is 12.7. The number of pyridine rings is 1. The molecule has 3 N–H and O–H groups in total. The molecule has 1 aliphatic rings. The molecule has 1 aliphatic heterocycles. The number of rotatable bonds is 10. The topological polar surface area (TPSA) is 126 Å². The maximum Gasteiger partial charge on any atom is 0.256 e. The van der Waals surface area contributed by atoms with Gasteiger partial charge in [-0.2, -0.15) is 0 Å². The number of ether oxygens (including phenoxy) is 3. The number of H-pyrrole nitrogens is 1. The number of carbonyl (C=O) groups is 2. The molecule has 0 atom stereocenters. The normalized spacial score (nSPS) is 11.5. The first-order valence-corrected chi connectivity index (χ1v) is 18.7. The van der Waals surface area contributed by atoms with E-state index >= 15 is 0 Å². The number of nitrogens with zero attached hydrogens (tertiary/aromatic N) is 2. The molecule has 0 saturated heterocycles. The average molecular weight is 749 g/mol. The zero-order valence-electron chi connectivity index (χ0n) is 32.9. The van der Waals surface area contributed by atoms with Crippen molar-refractivity contribution in [2.45, 2.75) is 73.0 Å². The molecule has 11 heteroatoms. The molecule has 3 aromatic carbocycles. The van der Waals surface area contributed by atoms with Crippen LogP contribution < -0.4 is 15.0 Å². The van der Waals surface area contributed by atoms with E-state index in [2.05, 4.69) is 44.9 Å². The summed E-state index contributed by atoms with van der Waals surface area (Å²) in [6.07, 6.45) is 6.02. The van der Waals surface area contributed by atoms with E-state index in [0.717, 1.165) is 48.6 Å². The van der Waals surface area contributed by atoms with Crippen molar-refractivity contribution in [3.05, 3.63) is 89.7 Å². The largest absolute Gasteiger partial charge is 0.507 e. The highest BCUT2D eigenvalue weighted by molar-refractivity contribution is 6.15. The number of nitrogens with one attached hydrogen (secondary N) is 2. The molecule has 3 heterocycles. The van der Waals surface area contributed by atoms with E-state index in [0.29, 0.717) is 41.3 Å². The van der Waals surface area contributed by atoms with Crippen LogP contribution in [0.15, 0.2) is 72.9 Å². The lowest BCUT2D eigenvalue weighted by Gasteiger charge is -2.26. The van der Waals surface area contributed by atoms with E-state index in [4.69, 9.17) is 14.2 Å². The number of phenols is 1. The third-order valence-corrected chi connectivity index (χ3v) is 8.03. The number of halogens is 1. The number of hydrogen-bond acceptors (Lipinski definition) is 8. The number of aromatic nitrogens is 2. The third-order valence-electron chi connectivity index (χ3n) is 8.03. The Kier molecular flexibility index (Phi) is 18.8. The lowest BCUT2D eigenvalue weighted by molar-refractivity contribution is 0.0630.